The SMILES string of the molecule is CCOc1ccc(OCC)c(S(=O)(=O)NCC2CCCO2)c1. The molecule has 6 nitrogen and oxygen atoms in total. The number of ether oxygens (including phenoxy) is 3. The normalized spacial score (nSPS) is 18.4. The van der Waals surface area contributed by atoms with Crippen molar-refractivity contribution < 1.29 is 22.6 Å². The van der Waals surface area contributed by atoms with Gasteiger partial charge in [-0.25, -0.2) is 13.1 Å². The fraction of sp³-hybridized carbons (Fsp3) is 0.600. The molecule has 0 amide bonds. The molecule has 7 heteroatoms. The van der Waals surface area contributed by atoms with Gasteiger partial charge in [0, 0.05) is 19.2 Å². The average Bonchev–Trinajstić information content (AvgIpc) is 3.01. The maximum absolute atomic E-state index is 12.5. The number of hydrogen-bond donors (Lipinski definition) is 1. The van der Waals surface area contributed by atoms with Gasteiger partial charge in [-0.15, -0.1) is 0 Å². The van der Waals surface area contributed by atoms with Crippen LogP contribution in [0.25, 0.3) is 0 Å². The maximum Gasteiger partial charge on any atom is 0.244 e. The molecule has 0 saturated carbocycles. The van der Waals surface area contributed by atoms with Crippen molar-refractivity contribution in [3.05, 3.63) is 18.2 Å². The monoisotopic (exact) mass is 329 g/mol. The third-order valence-corrected chi connectivity index (χ3v) is 4.79. The van der Waals surface area contributed by atoms with Crippen molar-refractivity contribution >= 4 is 10.0 Å². The Kier molecular flexibility index (Phi) is 6.05. The van der Waals surface area contributed by atoms with Gasteiger partial charge in [-0.2, -0.15) is 0 Å². The first-order chi connectivity index (χ1) is 10.6. The van der Waals surface area contributed by atoms with Crippen molar-refractivity contribution in [3.8, 4) is 11.5 Å². The predicted molar refractivity (Wildman–Crippen MR) is 82.9 cm³/mol. The van der Waals surface area contributed by atoms with Crippen LogP contribution in [-0.2, 0) is 14.8 Å². The molecule has 2 rings (SSSR count). The molecular formula is C15H23NO5S. The Hall–Kier alpha value is -1.31. The Balaban J connectivity index is 2.19. The van der Waals surface area contributed by atoms with E-state index in [0.717, 1.165) is 12.8 Å². The van der Waals surface area contributed by atoms with Crippen molar-refractivity contribution in [2.24, 2.45) is 0 Å². The van der Waals surface area contributed by atoms with E-state index in [4.69, 9.17) is 14.2 Å². The minimum atomic E-state index is -3.68. The molecule has 1 heterocycles. The van der Waals surface area contributed by atoms with Crippen LogP contribution in [0.4, 0.5) is 0 Å². The van der Waals surface area contributed by atoms with E-state index in [-0.39, 0.29) is 17.5 Å². The van der Waals surface area contributed by atoms with Crippen LogP contribution in [0.15, 0.2) is 23.1 Å². The number of rotatable bonds is 8. The van der Waals surface area contributed by atoms with E-state index in [9.17, 15) is 8.42 Å². The lowest BCUT2D eigenvalue weighted by Gasteiger charge is -2.15. The second-order valence-corrected chi connectivity index (χ2v) is 6.70. The van der Waals surface area contributed by atoms with Crippen LogP contribution in [0.1, 0.15) is 26.7 Å². The summed E-state index contributed by atoms with van der Waals surface area (Å²) in [4.78, 5) is 0.0956. The summed E-state index contributed by atoms with van der Waals surface area (Å²) in [5.74, 6) is 0.828. The molecule has 124 valence electrons. The summed E-state index contributed by atoms with van der Waals surface area (Å²) in [5, 5.41) is 0. The van der Waals surface area contributed by atoms with Gasteiger partial charge < -0.3 is 14.2 Å². The molecule has 1 aromatic carbocycles. The molecule has 1 aliphatic rings. The van der Waals surface area contributed by atoms with Gasteiger partial charge in [0.25, 0.3) is 0 Å². The van der Waals surface area contributed by atoms with Crippen LogP contribution in [0.2, 0.25) is 0 Å². The number of nitrogens with one attached hydrogen (secondary N) is 1. The van der Waals surface area contributed by atoms with Crippen LogP contribution in [0.3, 0.4) is 0 Å². The lowest BCUT2D eigenvalue weighted by atomic mass is 10.2. The van der Waals surface area contributed by atoms with Crippen molar-refractivity contribution in [2.45, 2.75) is 37.7 Å². The molecule has 1 saturated heterocycles. The van der Waals surface area contributed by atoms with E-state index >= 15 is 0 Å². The molecule has 22 heavy (non-hydrogen) atoms. The Morgan fingerprint density at radius 2 is 2.05 bits per heavy atom. The minimum absolute atomic E-state index is 0.0552. The first-order valence-corrected chi connectivity index (χ1v) is 9.06. The molecule has 0 aliphatic carbocycles. The lowest BCUT2D eigenvalue weighted by molar-refractivity contribution is 0.114. The van der Waals surface area contributed by atoms with E-state index in [2.05, 4.69) is 4.72 Å². The molecule has 0 radical (unpaired) electrons. The zero-order valence-corrected chi connectivity index (χ0v) is 13.8. The predicted octanol–water partition coefficient (Wildman–Crippen LogP) is 1.94. The smallest absolute Gasteiger partial charge is 0.244 e. The van der Waals surface area contributed by atoms with Crippen molar-refractivity contribution in [3.63, 3.8) is 0 Å². The van der Waals surface area contributed by atoms with Crippen LogP contribution < -0.4 is 14.2 Å². The van der Waals surface area contributed by atoms with Gasteiger partial charge in [-0.05, 0) is 38.8 Å². The molecule has 1 unspecified atom stereocenters. The standard InChI is InChI=1S/C15H23NO5S/c1-3-19-12-7-8-14(20-4-2)15(10-12)22(17,18)16-11-13-6-5-9-21-13/h7-8,10,13,16H,3-6,9,11H2,1-2H3. The van der Waals surface area contributed by atoms with Gasteiger partial charge in [0.05, 0.1) is 19.3 Å². The fourth-order valence-corrected chi connectivity index (χ4v) is 3.54. The van der Waals surface area contributed by atoms with Crippen molar-refractivity contribution in [1.29, 1.82) is 0 Å². The summed E-state index contributed by atoms with van der Waals surface area (Å²) in [6.45, 7) is 5.48. The largest absolute Gasteiger partial charge is 0.494 e. The molecule has 1 N–H and O–H groups in total. The molecule has 1 fully saturated rings. The summed E-state index contributed by atoms with van der Waals surface area (Å²) < 4.78 is 43.9. The van der Waals surface area contributed by atoms with Crippen molar-refractivity contribution in [2.75, 3.05) is 26.4 Å². The maximum atomic E-state index is 12.5. The fourth-order valence-electron chi connectivity index (χ4n) is 2.32. The first kappa shape index (κ1) is 17.1. The number of benzene rings is 1. The molecular weight excluding hydrogens is 306 g/mol. The molecule has 1 aliphatic heterocycles. The Morgan fingerprint density at radius 3 is 2.68 bits per heavy atom. The van der Waals surface area contributed by atoms with Gasteiger partial charge in [-0.3, -0.25) is 0 Å². The zero-order chi connectivity index (χ0) is 16.0. The van der Waals surface area contributed by atoms with Gasteiger partial charge in [-0.1, -0.05) is 0 Å². The van der Waals surface area contributed by atoms with Gasteiger partial charge in [0.1, 0.15) is 16.4 Å². The van der Waals surface area contributed by atoms with E-state index in [1.807, 2.05) is 13.8 Å². The van der Waals surface area contributed by atoms with Gasteiger partial charge in [0.15, 0.2) is 0 Å². The van der Waals surface area contributed by atoms with Crippen molar-refractivity contribution in [1.82, 2.24) is 4.72 Å². The molecule has 1 aromatic rings. The van der Waals surface area contributed by atoms with Crippen LogP contribution in [0.5, 0.6) is 11.5 Å². The summed E-state index contributed by atoms with van der Waals surface area (Å²) >= 11 is 0. The van der Waals surface area contributed by atoms with Crippen LogP contribution in [-0.4, -0.2) is 40.9 Å². The van der Waals surface area contributed by atoms with Crippen LogP contribution in [0, 0.1) is 0 Å². The summed E-state index contributed by atoms with van der Waals surface area (Å²) in [6.07, 6.45) is 1.79. The molecule has 1 atom stereocenters. The number of sulfonamides is 1. The topological polar surface area (TPSA) is 73.9 Å². The first-order valence-electron chi connectivity index (χ1n) is 7.57. The number of hydrogen-bond acceptors (Lipinski definition) is 5. The Bertz CT molecular complexity index is 582. The highest BCUT2D eigenvalue weighted by Crippen LogP contribution is 2.28. The second kappa shape index (κ2) is 7.80. The third-order valence-electron chi connectivity index (χ3n) is 3.34. The summed E-state index contributed by atoms with van der Waals surface area (Å²) in [6, 6.07) is 4.81. The van der Waals surface area contributed by atoms with E-state index in [1.54, 1.807) is 12.1 Å². The van der Waals surface area contributed by atoms with Gasteiger partial charge in [0.2, 0.25) is 10.0 Å². The Labute approximate surface area is 131 Å². The highest BCUT2D eigenvalue weighted by Gasteiger charge is 2.23. The highest BCUT2D eigenvalue weighted by atomic mass is 32.2. The molecule has 0 aromatic heterocycles. The zero-order valence-electron chi connectivity index (χ0n) is 13.0. The van der Waals surface area contributed by atoms with E-state index in [1.165, 1.54) is 6.07 Å². The van der Waals surface area contributed by atoms with E-state index < -0.39 is 10.0 Å². The lowest BCUT2D eigenvalue weighted by Crippen LogP contribution is -2.32. The van der Waals surface area contributed by atoms with Gasteiger partial charge >= 0.3 is 0 Å². The second-order valence-electron chi connectivity index (χ2n) is 4.96. The summed E-state index contributed by atoms with van der Waals surface area (Å²) in [7, 11) is -3.68. The summed E-state index contributed by atoms with van der Waals surface area (Å²) in [5.41, 5.74) is 0. The Morgan fingerprint density at radius 1 is 1.27 bits per heavy atom. The average molecular weight is 329 g/mol. The minimum Gasteiger partial charge on any atom is -0.494 e. The van der Waals surface area contributed by atoms with E-state index in [0.29, 0.717) is 31.3 Å². The third kappa shape index (κ3) is 4.34. The highest BCUT2D eigenvalue weighted by molar-refractivity contribution is 7.89. The van der Waals surface area contributed by atoms with Crippen LogP contribution >= 0.6 is 0 Å². The molecule has 0 bridgehead atoms. The quantitative estimate of drug-likeness (QED) is 0.789. The molecule has 0 spiro atoms.